The van der Waals surface area contributed by atoms with Crippen LogP contribution in [0.4, 0.5) is 17.1 Å². The molecule has 0 heterocycles. The lowest BCUT2D eigenvalue weighted by Gasteiger charge is -2.27. The van der Waals surface area contributed by atoms with Crippen molar-refractivity contribution in [1.82, 2.24) is 0 Å². The topological polar surface area (TPSA) is 116 Å². The molecule has 0 fully saturated rings. The van der Waals surface area contributed by atoms with Crippen molar-refractivity contribution in [3.63, 3.8) is 0 Å². The summed E-state index contributed by atoms with van der Waals surface area (Å²) < 4.78 is 5.38. The number of carbonyl (C=O) groups excluding carboxylic acids is 1. The lowest BCUT2D eigenvalue weighted by Crippen LogP contribution is -2.43. The maximum absolute atomic E-state index is 12.5. The van der Waals surface area contributed by atoms with Crippen molar-refractivity contribution in [3.05, 3.63) is 80.4 Å². The van der Waals surface area contributed by atoms with Crippen LogP contribution < -0.4 is 10.1 Å². The van der Waals surface area contributed by atoms with Crippen LogP contribution in [0.25, 0.3) is 10.8 Å². The fourth-order valence-corrected chi connectivity index (χ4v) is 6.18. The predicted octanol–water partition coefficient (Wildman–Crippen LogP) is 4.49. The summed E-state index contributed by atoms with van der Waals surface area (Å²) in [5.74, 6) is -0.821. The molecule has 0 atom stereocenters. The first-order valence-electron chi connectivity index (χ1n) is 10.3. The number of nitro groups is 2. The van der Waals surface area contributed by atoms with Gasteiger partial charge >= 0.3 is 5.97 Å². The molecule has 0 saturated heterocycles. The number of rotatable bonds is 8. The zero-order valence-electron chi connectivity index (χ0n) is 18.9. The lowest BCUT2D eigenvalue weighted by atomic mass is 10.1. The van der Waals surface area contributed by atoms with Crippen molar-refractivity contribution in [2.45, 2.75) is 19.1 Å². The third kappa shape index (κ3) is 5.17. The molecular weight excluding hydrogens is 442 g/mol. The average Bonchev–Trinajstić information content (AvgIpc) is 2.77. The van der Waals surface area contributed by atoms with E-state index in [9.17, 15) is 25.0 Å². The monoisotopic (exact) mass is 467 g/mol. The summed E-state index contributed by atoms with van der Waals surface area (Å²) in [5.41, 5.74) is -0.157. The fourth-order valence-electron chi connectivity index (χ4n) is 3.80. The van der Waals surface area contributed by atoms with Gasteiger partial charge in [-0.15, -0.1) is 0 Å². The van der Waals surface area contributed by atoms with E-state index >= 15 is 0 Å². The zero-order chi connectivity index (χ0) is 24.3. The van der Waals surface area contributed by atoms with E-state index in [-0.39, 0.29) is 12.2 Å². The van der Waals surface area contributed by atoms with Gasteiger partial charge < -0.3 is 9.64 Å². The van der Waals surface area contributed by atoms with E-state index in [1.807, 2.05) is 26.2 Å². The first-order valence-corrected chi connectivity index (χ1v) is 13.5. The van der Waals surface area contributed by atoms with Crippen LogP contribution in [0, 0.1) is 20.2 Å². The Labute approximate surface area is 191 Å². The van der Waals surface area contributed by atoms with Gasteiger partial charge in [-0.05, 0) is 22.7 Å². The van der Waals surface area contributed by atoms with E-state index in [2.05, 4.69) is 42.3 Å². The molecule has 3 aromatic carbocycles. The summed E-state index contributed by atoms with van der Waals surface area (Å²) in [7, 11) is 1.93. The van der Waals surface area contributed by atoms with Crippen molar-refractivity contribution in [3.8, 4) is 0 Å². The molecule has 172 valence electrons. The van der Waals surface area contributed by atoms with Crippen molar-refractivity contribution in [2.24, 2.45) is 0 Å². The van der Waals surface area contributed by atoms with Gasteiger partial charge in [0.1, 0.15) is 0 Å². The van der Waals surface area contributed by atoms with Gasteiger partial charge in [0.15, 0.2) is 0 Å². The standard InChI is InChI=1S/C23H25N3O6Si/c1-24(2)20-9-5-7-16-8-6-10-21(22(16)20)33(3,4)12-11-32-23(27)17-13-18(25(28)29)15-19(14-17)26(30)31/h5-10,13-15H,11-12H2,1-4H3. The van der Waals surface area contributed by atoms with Gasteiger partial charge in [-0.25, -0.2) is 4.79 Å². The quantitative estimate of drug-likeness (QED) is 0.207. The highest BCUT2D eigenvalue weighted by Gasteiger charge is 2.28. The number of anilines is 1. The molecule has 0 spiro atoms. The first-order chi connectivity index (χ1) is 15.5. The molecule has 0 aliphatic rings. The molecule has 0 amide bonds. The molecule has 0 bridgehead atoms. The van der Waals surface area contributed by atoms with Crippen molar-refractivity contribution in [2.75, 3.05) is 25.6 Å². The van der Waals surface area contributed by atoms with E-state index in [4.69, 9.17) is 4.74 Å². The Kier molecular flexibility index (Phi) is 6.77. The van der Waals surface area contributed by atoms with Crippen LogP contribution in [-0.4, -0.2) is 44.6 Å². The minimum atomic E-state index is -2.07. The highest BCUT2D eigenvalue weighted by atomic mass is 28.3. The Bertz CT molecular complexity index is 1200. The number of nitrogens with zero attached hydrogens (tertiary/aromatic N) is 3. The van der Waals surface area contributed by atoms with Gasteiger partial charge in [0.2, 0.25) is 0 Å². The second kappa shape index (κ2) is 9.37. The summed E-state index contributed by atoms with van der Waals surface area (Å²) in [4.78, 5) is 35.2. The lowest BCUT2D eigenvalue weighted by molar-refractivity contribution is -0.394. The van der Waals surface area contributed by atoms with Crippen LogP contribution in [0.1, 0.15) is 10.4 Å². The number of benzene rings is 3. The molecule has 3 rings (SSSR count). The minimum absolute atomic E-state index is 0.106. The van der Waals surface area contributed by atoms with Gasteiger partial charge in [-0.2, -0.15) is 0 Å². The number of nitro benzene ring substituents is 2. The van der Waals surface area contributed by atoms with Crippen LogP contribution >= 0.6 is 0 Å². The predicted molar refractivity (Wildman–Crippen MR) is 130 cm³/mol. The highest BCUT2D eigenvalue weighted by molar-refractivity contribution is 6.91. The molecule has 9 nitrogen and oxygen atoms in total. The Morgan fingerprint density at radius 1 is 0.970 bits per heavy atom. The number of hydrogen-bond donors (Lipinski definition) is 0. The van der Waals surface area contributed by atoms with Crippen molar-refractivity contribution >= 4 is 47.1 Å². The second-order valence-corrected chi connectivity index (χ2v) is 13.4. The molecule has 0 aliphatic heterocycles. The first kappa shape index (κ1) is 23.9. The molecule has 3 aromatic rings. The number of fused-ring (bicyclic) bond motifs is 1. The Morgan fingerprint density at radius 2 is 1.55 bits per heavy atom. The molecule has 33 heavy (non-hydrogen) atoms. The molecular formula is C23H25N3O6Si. The van der Waals surface area contributed by atoms with E-state index < -0.39 is 35.3 Å². The normalized spacial score (nSPS) is 11.3. The van der Waals surface area contributed by atoms with Crippen LogP contribution in [-0.2, 0) is 4.74 Å². The summed E-state index contributed by atoms with van der Waals surface area (Å²) in [6, 6.07) is 15.8. The van der Waals surface area contributed by atoms with Crippen LogP contribution in [0.3, 0.4) is 0 Å². The number of carbonyl (C=O) groups is 1. The SMILES string of the molecule is CN(C)c1cccc2cccc([Si](C)(C)CCOC(=O)c3cc([N+](=O)[O-])cc([N+](=O)[O-])c3)c12. The van der Waals surface area contributed by atoms with Crippen LogP contribution in [0.2, 0.25) is 19.1 Å². The van der Waals surface area contributed by atoms with E-state index in [1.54, 1.807) is 0 Å². The number of non-ortho nitro benzene ring substituents is 2. The van der Waals surface area contributed by atoms with Gasteiger partial charge in [0, 0.05) is 37.3 Å². The second-order valence-electron chi connectivity index (χ2n) is 8.60. The van der Waals surface area contributed by atoms with Crippen molar-refractivity contribution in [1.29, 1.82) is 0 Å². The summed E-state index contributed by atoms with van der Waals surface area (Å²) in [6.07, 6.45) is 0. The Morgan fingerprint density at radius 3 is 2.09 bits per heavy atom. The molecule has 0 radical (unpaired) electrons. The largest absolute Gasteiger partial charge is 0.462 e. The van der Waals surface area contributed by atoms with E-state index in [1.165, 1.54) is 10.6 Å². The maximum Gasteiger partial charge on any atom is 0.338 e. The number of esters is 1. The van der Waals surface area contributed by atoms with Crippen LogP contribution in [0.15, 0.2) is 54.6 Å². The van der Waals surface area contributed by atoms with Crippen molar-refractivity contribution < 1.29 is 19.4 Å². The van der Waals surface area contributed by atoms with Gasteiger partial charge in [0.05, 0.1) is 36.2 Å². The smallest absolute Gasteiger partial charge is 0.338 e. The van der Waals surface area contributed by atoms with Crippen LogP contribution in [0.5, 0.6) is 0 Å². The summed E-state index contributed by atoms with van der Waals surface area (Å²) >= 11 is 0. The van der Waals surface area contributed by atoms with Gasteiger partial charge in [-0.3, -0.25) is 20.2 Å². The minimum Gasteiger partial charge on any atom is -0.462 e. The van der Waals surface area contributed by atoms with E-state index in [0.29, 0.717) is 6.04 Å². The van der Waals surface area contributed by atoms with Gasteiger partial charge in [0.25, 0.3) is 11.4 Å². The number of ether oxygens (including phenoxy) is 1. The summed E-state index contributed by atoms with van der Waals surface area (Å²) in [6.45, 7) is 4.50. The molecule has 0 aliphatic carbocycles. The average molecular weight is 468 g/mol. The van der Waals surface area contributed by atoms with E-state index in [0.717, 1.165) is 29.3 Å². The third-order valence-electron chi connectivity index (χ3n) is 5.61. The Balaban J connectivity index is 1.82. The molecule has 0 saturated carbocycles. The molecule has 10 heteroatoms. The maximum atomic E-state index is 12.5. The van der Waals surface area contributed by atoms with Gasteiger partial charge in [-0.1, -0.05) is 43.4 Å². The fraction of sp³-hybridized carbons (Fsp3) is 0.261. The highest BCUT2D eigenvalue weighted by Crippen LogP contribution is 2.27. The molecule has 0 aromatic heterocycles. The Hall–Kier alpha value is -3.79. The molecule has 0 unspecified atom stereocenters. The summed E-state index contributed by atoms with van der Waals surface area (Å²) in [5, 5.41) is 25.7. The number of hydrogen-bond acceptors (Lipinski definition) is 7. The zero-order valence-corrected chi connectivity index (χ0v) is 19.9. The molecule has 0 N–H and O–H groups in total. The third-order valence-corrected chi connectivity index (χ3v) is 8.94.